The summed E-state index contributed by atoms with van der Waals surface area (Å²) in [5, 5.41) is 14.5. The Morgan fingerprint density at radius 2 is 1.75 bits per heavy atom. The molecule has 300 valence electrons. The van der Waals surface area contributed by atoms with Gasteiger partial charge >= 0.3 is 12.2 Å². The molecule has 5 amide bonds. The molecule has 2 atom stereocenters. The number of carbonyl (C=O) groups is 4. The molecule has 0 spiro atoms. The van der Waals surface area contributed by atoms with Gasteiger partial charge in [-0.2, -0.15) is 18.4 Å². The minimum absolute atomic E-state index is 0.0155. The highest BCUT2D eigenvalue weighted by Gasteiger charge is 2.52. The number of nitriles is 1. The summed E-state index contributed by atoms with van der Waals surface area (Å²) in [6, 6.07) is 7.71. The van der Waals surface area contributed by atoms with Crippen molar-refractivity contribution in [2.45, 2.75) is 95.7 Å². The zero-order valence-corrected chi connectivity index (χ0v) is 32.6. The van der Waals surface area contributed by atoms with Crippen LogP contribution >= 0.6 is 12.2 Å². The standard InChI is InChI=1S/C38H46F3N9O5S/c1-23-20-46(21-24(2)48(23)22-33(52)44-31-12-9-28(19-43-31)47-14-13-32(51)45-35(47)54)15-16-55-29-10-7-26(8-11-29)50-36(56)49(34(53)37(50,3)4)27-6-5-25(18-42)30(17-27)38(39,40)41/h5-6,9,12,17,19,23-24,26,29H,7-8,10-11,13-16,20-22H2,1-4H3,(H,43,44,52)(H,45,51,54)/t23-,24+,26-,29-. The van der Waals surface area contributed by atoms with Crippen molar-refractivity contribution >= 4 is 58.3 Å². The number of anilines is 3. The van der Waals surface area contributed by atoms with Gasteiger partial charge in [0.1, 0.15) is 11.4 Å². The molecule has 56 heavy (non-hydrogen) atoms. The maximum atomic E-state index is 13.7. The van der Waals surface area contributed by atoms with Crippen LogP contribution in [-0.4, -0.2) is 118 Å². The average Bonchev–Trinajstić information content (AvgIpc) is 3.32. The van der Waals surface area contributed by atoms with Crippen molar-refractivity contribution in [1.82, 2.24) is 25.0 Å². The van der Waals surface area contributed by atoms with Crippen molar-refractivity contribution in [2.24, 2.45) is 0 Å². The van der Waals surface area contributed by atoms with Crippen LogP contribution in [0.2, 0.25) is 0 Å². The number of piperazine rings is 1. The van der Waals surface area contributed by atoms with Gasteiger partial charge in [-0.05, 0) is 95.9 Å². The lowest BCUT2D eigenvalue weighted by molar-refractivity contribution is -0.137. The van der Waals surface area contributed by atoms with E-state index in [9.17, 15) is 37.6 Å². The third-order valence-corrected chi connectivity index (χ3v) is 11.4. The molecule has 18 heteroatoms. The van der Waals surface area contributed by atoms with Gasteiger partial charge in [0.15, 0.2) is 5.11 Å². The highest BCUT2D eigenvalue weighted by Crippen LogP contribution is 2.40. The van der Waals surface area contributed by atoms with Crippen LogP contribution in [-0.2, 0) is 25.3 Å². The second-order valence-corrected chi connectivity index (χ2v) is 15.7. The Morgan fingerprint density at radius 3 is 2.36 bits per heavy atom. The molecule has 0 radical (unpaired) electrons. The first-order valence-corrected chi connectivity index (χ1v) is 19.1. The summed E-state index contributed by atoms with van der Waals surface area (Å²) in [7, 11) is 0. The van der Waals surface area contributed by atoms with Crippen LogP contribution in [0.5, 0.6) is 0 Å². The van der Waals surface area contributed by atoms with E-state index in [1.54, 1.807) is 32.0 Å². The molecular formula is C38H46F3N9O5S. The Bertz CT molecular complexity index is 1890. The smallest absolute Gasteiger partial charge is 0.377 e. The van der Waals surface area contributed by atoms with E-state index in [1.807, 2.05) is 4.90 Å². The molecule has 1 aromatic heterocycles. The molecular weight excluding hydrogens is 752 g/mol. The Kier molecular flexibility index (Phi) is 12.0. The molecule has 3 aliphatic heterocycles. The van der Waals surface area contributed by atoms with Gasteiger partial charge in [-0.3, -0.25) is 39.3 Å². The number of thiocarbonyl (C=S) groups is 1. The average molecular weight is 798 g/mol. The summed E-state index contributed by atoms with van der Waals surface area (Å²) < 4.78 is 47.5. The minimum atomic E-state index is -4.76. The van der Waals surface area contributed by atoms with Crippen molar-refractivity contribution < 1.29 is 37.1 Å². The van der Waals surface area contributed by atoms with Crippen LogP contribution in [0.25, 0.3) is 0 Å². The van der Waals surface area contributed by atoms with Crippen LogP contribution in [0, 0.1) is 11.3 Å². The predicted molar refractivity (Wildman–Crippen MR) is 205 cm³/mol. The highest BCUT2D eigenvalue weighted by atomic mass is 32.1. The Hall–Kier alpha value is -4.70. The second-order valence-electron chi connectivity index (χ2n) is 15.3. The largest absolute Gasteiger partial charge is 0.417 e. The number of imide groups is 1. The van der Waals surface area contributed by atoms with Gasteiger partial charge in [0.25, 0.3) is 5.91 Å². The fraction of sp³-hybridized carbons (Fsp3) is 0.553. The monoisotopic (exact) mass is 797 g/mol. The lowest BCUT2D eigenvalue weighted by Crippen LogP contribution is -2.58. The van der Waals surface area contributed by atoms with E-state index in [2.05, 4.69) is 39.3 Å². The van der Waals surface area contributed by atoms with Crippen molar-refractivity contribution in [2.75, 3.05) is 54.4 Å². The van der Waals surface area contributed by atoms with Gasteiger partial charge in [-0.15, -0.1) is 0 Å². The third-order valence-electron chi connectivity index (χ3n) is 11.1. The van der Waals surface area contributed by atoms with Crippen molar-refractivity contribution in [3.05, 3.63) is 47.7 Å². The van der Waals surface area contributed by atoms with Crippen LogP contribution in [0.4, 0.5) is 35.2 Å². The SMILES string of the molecule is C[C@@H]1CN(CCO[C@H]2CC[C@H](N3C(=S)N(c4ccc(C#N)c(C(F)(F)F)c4)C(=O)C3(C)C)CC2)C[C@H](C)N1CC(=O)Nc1ccc(N2CCC(=O)NC2=O)cn1. The topological polar surface area (TPSA) is 154 Å². The normalized spacial score (nSPS) is 25.0. The van der Waals surface area contributed by atoms with Gasteiger partial charge in [0.2, 0.25) is 11.8 Å². The number of nitrogens with zero attached hydrogens (tertiary/aromatic N) is 7. The number of hydrogen-bond donors (Lipinski definition) is 2. The molecule has 0 unspecified atom stereocenters. The molecule has 2 N–H and O–H groups in total. The molecule has 6 rings (SSSR count). The Labute approximate surface area is 328 Å². The number of amides is 5. The number of halogens is 3. The number of ether oxygens (including phenoxy) is 1. The summed E-state index contributed by atoms with van der Waals surface area (Å²) in [5.41, 5.74) is -2.19. The molecule has 1 aromatic carbocycles. The predicted octanol–water partition coefficient (Wildman–Crippen LogP) is 4.49. The molecule has 14 nitrogen and oxygen atoms in total. The van der Waals surface area contributed by atoms with Gasteiger partial charge in [-0.25, -0.2) is 9.78 Å². The number of benzene rings is 1. The van der Waals surface area contributed by atoms with E-state index in [0.717, 1.165) is 49.5 Å². The van der Waals surface area contributed by atoms with Crippen molar-refractivity contribution in [3.8, 4) is 6.07 Å². The van der Waals surface area contributed by atoms with Gasteiger partial charge in [0, 0.05) is 50.7 Å². The Morgan fingerprint density at radius 1 is 1.07 bits per heavy atom. The first-order valence-electron chi connectivity index (χ1n) is 18.7. The maximum Gasteiger partial charge on any atom is 0.417 e. The summed E-state index contributed by atoms with van der Waals surface area (Å²) in [5.74, 6) is -0.567. The quantitative estimate of drug-likeness (QED) is 0.327. The van der Waals surface area contributed by atoms with Crippen LogP contribution in [0.3, 0.4) is 0 Å². The summed E-state index contributed by atoms with van der Waals surface area (Å²) in [4.78, 5) is 63.3. The molecule has 4 heterocycles. The number of aromatic nitrogens is 1. The second kappa shape index (κ2) is 16.4. The first kappa shape index (κ1) is 40.9. The molecule has 3 saturated heterocycles. The molecule has 1 saturated carbocycles. The van der Waals surface area contributed by atoms with E-state index in [0.29, 0.717) is 31.0 Å². The fourth-order valence-electron chi connectivity index (χ4n) is 8.21. The Balaban J connectivity index is 0.942. The summed E-state index contributed by atoms with van der Waals surface area (Å²) in [6.45, 7) is 10.9. The zero-order chi connectivity index (χ0) is 40.5. The minimum Gasteiger partial charge on any atom is -0.377 e. The number of alkyl halides is 3. The molecule has 0 bridgehead atoms. The fourth-order valence-corrected chi connectivity index (χ4v) is 8.78. The van der Waals surface area contributed by atoms with Crippen LogP contribution < -0.4 is 20.4 Å². The lowest BCUT2D eigenvalue weighted by Gasteiger charge is -2.44. The van der Waals surface area contributed by atoms with E-state index in [1.165, 1.54) is 17.2 Å². The third kappa shape index (κ3) is 8.65. The number of rotatable bonds is 10. The number of urea groups is 1. The van der Waals surface area contributed by atoms with Crippen LogP contribution in [0.15, 0.2) is 36.5 Å². The first-order chi connectivity index (χ1) is 26.5. The number of nitrogens with one attached hydrogen (secondary N) is 2. The van der Waals surface area contributed by atoms with Crippen molar-refractivity contribution in [1.29, 1.82) is 5.26 Å². The lowest BCUT2D eigenvalue weighted by atomic mass is 9.89. The summed E-state index contributed by atoms with van der Waals surface area (Å²) in [6.07, 6.45) is -0.174. The maximum absolute atomic E-state index is 13.7. The molecule has 4 aliphatic rings. The van der Waals surface area contributed by atoms with E-state index < -0.39 is 34.8 Å². The van der Waals surface area contributed by atoms with Gasteiger partial charge in [0.05, 0.1) is 54.0 Å². The number of carbonyl (C=O) groups excluding carboxylic acids is 4. The van der Waals surface area contributed by atoms with E-state index >= 15 is 0 Å². The molecule has 1 aliphatic carbocycles. The van der Waals surface area contributed by atoms with Crippen LogP contribution in [0.1, 0.15) is 70.9 Å². The summed E-state index contributed by atoms with van der Waals surface area (Å²) >= 11 is 5.73. The highest BCUT2D eigenvalue weighted by molar-refractivity contribution is 7.80. The van der Waals surface area contributed by atoms with Gasteiger partial charge in [-0.1, -0.05) is 0 Å². The molecule has 4 fully saturated rings. The van der Waals surface area contributed by atoms with E-state index in [4.69, 9.17) is 17.0 Å². The van der Waals surface area contributed by atoms with Gasteiger partial charge < -0.3 is 15.0 Å². The van der Waals surface area contributed by atoms with E-state index in [-0.39, 0.29) is 66.4 Å². The number of hydrogen-bond acceptors (Lipinski definition) is 10. The number of pyridine rings is 1. The van der Waals surface area contributed by atoms with Crippen molar-refractivity contribution in [3.63, 3.8) is 0 Å². The molecule has 2 aromatic rings. The zero-order valence-electron chi connectivity index (χ0n) is 31.8.